The lowest BCUT2D eigenvalue weighted by Crippen LogP contribution is -2.33. The maximum absolute atomic E-state index is 10.5. The van der Waals surface area contributed by atoms with E-state index in [2.05, 4.69) is 4.90 Å². The molecule has 104 valence electrons. The SMILES string of the molecule is CC1(CCN2CCCC2)OCC(CCC(=O)O)O1. The number of hydrogen-bond donors (Lipinski definition) is 1. The van der Waals surface area contributed by atoms with Gasteiger partial charge in [-0.3, -0.25) is 4.79 Å². The molecule has 2 aliphatic heterocycles. The van der Waals surface area contributed by atoms with E-state index in [0.717, 1.165) is 13.0 Å². The van der Waals surface area contributed by atoms with Crippen LogP contribution in [0.3, 0.4) is 0 Å². The van der Waals surface area contributed by atoms with Gasteiger partial charge in [0.15, 0.2) is 5.79 Å². The zero-order valence-electron chi connectivity index (χ0n) is 11.1. The average Bonchev–Trinajstić information content (AvgIpc) is 2.94. The van der Waals surface area contributed by atoms with E-state index in [4.69, 9.17) is 14.6 Å². The van der Waals surface area contributed by atoms with Crippen LogP contribution in [0.2, 0.25) is 0 Å². The highest BCUT2D eigenvalue weighted by Crippen LogP contribution is 2.29. The van der Waals surface area contributed by atoms with Crippen molar-refractivity contribution in [3.05, 3.63) is 0 Å². The molecule has 5 heteroatoms. The van der Waals surface area contributed by atoms with E-state index in [1.165, 1.54) is 25.9 Å². The van der Waals surface area contributed by atoms with Gasteiger partial charge in [0.25, 0.3) is 0 Å². The van der Waals surface area contributed by atoms with Crippen LogP contribution < -0.4 is 0 Å². The van der Waals surface area contributed by atoms with Crippen LogP contribution in [0.1, 0.15) is 39.0 Å². The topological polar surface area (TPSA) is 59.0 Å². The van der Waals surface area contributed by atoms with Gasteiger partial charge in [-0.05, 0) is 39.3 Å². The highest BCUT2D eigenvalue weighted by atomic mass is 16.7. The molecular formula is C13H23NO4. The minimum Gasteiger partial charge on any atom is -0.481 e. The first-order chi connectivity index (χ1) is 8.57. The Morgan fingerprint density at radius 1 is 1.44 bits per heavy atom. The summed E-state index contributed by atoms with van der Waals surface area (Å²) in [6.45, 7) is 5.84. The van der Waals surface area contributed by atoms with E-state index < -0.39 is 11.8 Å². The number of hydrogen-bond acceptors (Lipinski definition) is 4. The quantitative estimate of drug-likeness (QED) is 0.781. The van der Waals surface area contributed by atoms with Crippen molar-refractivity contribution >= 4 is 5.97 Å². The van der Waals surface area contributed by atoms with Gasteiger partial charge in [-0.15, -0.1) is 0 Å². The summed E-state index contributed by atoms with van der Waals surface area (Å²) in [5.74, 6) is -1.30. The fourth-order valence-electron chi connectivity index (χ4n) is 2.62. The highest BCUT2D eigenvalue weighted by molar-refractivity contribution is 5.66. The van der Waals surface area contributed by atoms with Gasteiger partial charge in [0.1, 0.15) is 0 Å². The zero-order chi connectivity index (χ0) is 13.0. The van der Waals surface area contributed by atoms with Crippen molar-refractivity contribution < 1.29 is 19.4 Å². The summed E-state index contributed by atoms with van der Waals surface area (Å²) in [5, 5.41) is 8.65. The molecule has 0 aromatic rings. The highest BCUT2D eigenvalue weighted by Gasteiger charge is 2.37. The van der Waals surface area contributed by atoms with Crippen LogP contribution in [-0.4, -0.2) is 54.1 Å². The summed E-state index contributed by atoms with van der Waals surface area (Å²) in [6, 6.07) is 0. The van der Waals surface area contributed by atoms with Gasteiger partial charge in [-0.2, -0.15) is 0 Å². The fraction of sp³-hybridized carbons (Fsp3) is 0.923. The van der Waals surface area contributed by atoms with Crippen molar-refractivity contribution in [2.24, 2.45) is 0 Å². The smallest absolute Gasteiger partial charge is 0.303 e. The molecule has 2 saturated heterocycles. The zero-order valence-corrected chi connectivity index (χ0v) is 11.1. The predicted molar refractivity (Wildman–Crippen MR) is 66.4 cm³/mol. The monoisotopic (exact) mass is 257 g/mol. The number of ether oxygens (including phenoxy) is 2. The van der Waals surface area contributed by atoms with Crippen LogP contribution in [0.4, 0.5) is 0 Å². The first kappa shape index (κ1) is 13.8. The molecular weight excluding hydrogens is 234 g/mol. The molecule has 0 bridgehead atoms. The Hall–Kier alpha value is -0.650. The third-order valence-corrected chi connectivity index (χ3v) is 3.75. The lowest BCUT2D eigenvalue weighted by atomic mass is 10.2. The van der Waals surface area contributed by atoms with E-state index in [9.17, 15) is 4.79 Å². The fourth-order valence-corrected chi connectivity index (χ4v) is 2.62. The van der Waals surface area contributed by atoms with E-state index in [0.29, 0.717) is 13.0 Å². The molecule has 0 radical (unpaired) electrons. The Balaban J connectivity index is 1.69. The molecule has 2 fully saturated rings. The minimum absolute atomic E-state index is 0.0651. The Bertz CT molecular complexity index is 291. The third-order valence-electron chi connectivity index (χ3n) is 3.75. The summed E-state index contributed by atoms with van der Waals surface area (Å²) < 4.78 is 11.6. The number of carbonyl (C=O) groups is 1. The van der Waals surface area contributed by atoms with Crippen LogP contribution in [0.15, 0.2) is 0 Å². The molecule has 0 aromatic heterocycles. The van der Waals surface area contributed by atoms with Crippen LogP contribution in [0, 0.1) is 0 Å². The molecule has 18 heavy (non-hydrogen) atoms. The average molecular weight is 257 g/mol. The summed E-state index contributed by atoms with van der Waals surface area (Å²) >= 11 is 0. The maximum Gasteiger partial charge on any atom is 0.303 e. The predicted octanol–water partition coefficient (Wildman–Crippen LogP) is 1.47. The maximum atomic E-state index is 10.5. The molecule has 1 N–H and O–H groups in total. The van der Waals surface area contributed by atoms with Gasteiger partial charge in [0.05, 0.1) is 12.7 Å². The molecule has 0 spiro atoms. The normalized spacial score (nSPS) is 33.1. The standard InChI is InChI=1S/C13H23NO4/c1-13(6-9-14-7-2-3-8-14)17-10-11(18-13)4-5-12(15)16/h11H,2-10H2,1H3,(H,15,16). The van der Waals surface area contributed by atoms with Crippen LogP contribution in [0.5, 0.6) is 0 Å². The lowest BCUT2D eigenvalue weighted by Gasteiger charge is -2.26. The molecule has 0 aromatic carbocycles. The minimum atomic E-state index is -0.774. The Morgan fingerprint density at radius 2 is 2.17 bits per heavy atom. The third kappa shape index (κ3) is 3.93. The lowest BCUT2D eigenvalue weighted by molar-refractivity contribution is -0.162. The summed E-state index contributed by atoms with van der Waals surface area (Å²) in [7, 11) is 0. The second-order valence-corrected chi connectivity index (χ2v) is 5.42. The van der Waals surface area contributed by atoms with E-state index in [1.54, 1.807) is 0 Å². The molecule has 2 atom stereocenters. The van der Waals surface area contributed by atoms with Gasteiger partial charge >= 0.3 is 5.97 Å². The molecule has 0 aliphatic carbocycles. The first-order valence-electron chi connectivity index (χ1n) is 6.83. The number of carboxylic acid groups (broad SMARTS) is 1. The summed E-state index contributed by atoms with van der Waals surface area (Å²) in [6.07, 6.45) is 4.06. The number of carboxylic acids is 1. The van der Waals surface area contributed by atoms with Crippen molar-refractivity contribution in [2.45, 2.75) is 50.9 Å². The number of aliphatic carboxylic acids is 1. The Kier molecular flexibility index (Phi) is 4.59. The molecule has 2 aliphatic rings. The number of nitrogens with zero attached hydrogens (tertiary/aromatic N) is 1. The second kappa shape index (κ2) is 5.99. The first-order valence-corrected chi connectivity index (χ1v) is 6.83. The van der Waals surface area contributed by atoms with E-state index >= 15 is 0 Å². The van der Waals surface area contributed by atoms with Gasteiger partial charge in [0, 0.05) is 19.4 Å². The van der Waals surface area contributed by atoms with Crippen LogP contribution in [0.25, 0.3) is 0 Å². The Labute approximate surface area is 108 Å². The van der Waals surface area contributed by atoms with Crippen molar-refractivity contribution in [3.8, 4) is 0 Å². The van der Waals surface area contributed by atoms with Gasteiger partial charge in [-0.25, -0.2) is 0 Å². The van der Waals surface area contributed by atoms with Crippen molar-refractivity contribution in [1.29, 1.82) is 0 Å². The summed E-state index contributed by atoms with van der Waals surface area (Å²) in [5.41, 5.74) is 0. The van der Waals surface area contributed by atoms with Crippen molar-refractivity contribution in [1.82, 2.24) is 4.90 Å². The molecule has 2 unspecified atom stereocenters. The summed E-state index contributed by atoms with van der Waals surface area (Å²) in [4.78, 5) is 12.9. The van der Waals surface area contributed by atoms with Gasteiger partial charge < -0.3 is 19.5 Å². The number of likely N-dealkylation sites (tertiary alicyclic amines) is 1. The number of rotatable bonds is 6. The molecule has 2 rings (SSSR count). The molecule has 5 nitrogen and oxygen atoms in total. The Morgan fingerprint density at radius 3 is 2.83 bits per heavy atom. The molecule has 0 saturated carbocycles. The van der Waals surface area contributed by atoms with Crippen molar-refractivity contribution in [2.75, 3.05) is 26.2 Å². The molecule has 2 heterocycles. The van der Waals surface area contributed by atoms with Crippen LogP contribution >= 0.6 is 0 Å². The van der Waals surface area contributed by atoms with E-state index in [1.807, 2.05) is 6.92 Å². The second-order valence-electron chi connectivity index (χ2n) is 5.42. The van der Waals surface area contributed by atoms with E-state index in [-0.39, 0.29) is 12.5 Å². The van der Waals surface area contributed by atoms with Gasteiger partial charge in [0.2, 0.25) is 0 Å². The van der Waals surface area contributed by atoms with Crippen molar-refractivity contribution in [3.63, 3.8) is 0 Å². The van der Waals surface area contributed by atoms with Crippen LogP contribution in [-0.2, 0) is 14.3 Å². The molecule has 0 amide bonds. The van der Waals surface area contributed by atoms with Gasteiger partial charge in [-0.1, -0.05) is 0 Å². The largest absolute Gasteiger partial charge is 0.481 e.